The van der Waals surface area contributed by atoms with E-state index in [4.69, 9.17) is 0 Å². The summed E-state index contributed by atoms with van der Waals surface area (Å²) in [6, 6.07) is 0. The predicted molar refractivity (Wildman–Crippen MR) is 117 cm³/mol. The molecule has 0 saturated heterocycles. The van der Waals surface area contributed by atoms with Gasteiger partial charge in [-0.15, -0.1) is 0 Å². The molecule has 0 radical (unpaired) electrons. The second kappa shape index (κ2) is 21.8. The Morgan fingerprint density at radius 3 is 1.36 bits per heavy atom. The van der Waals surface area contributed by atoms with E-state index in [0.29, 0.717) is 0 Å². The van der Waals surface area contributed by atoms with Crippen LogP contribution < -0.4 is 0 Å². The molecule has 0 nitrogen and oxygen atoms in total. The van der Waals surface area contributed by atoms with Crippen molar-refractivity contribution in [3.05, 3.63) is 12.2 Å². The lowest BCUT2D eigenvalue weighted by molar-refractivity contribution is 0.464. The Hall–Kier alpha value is -0.260. The van der Waals surface area contributed by atoms with Crippen LogP contribution >= 0.6 is 0 Å². The number of unbranched alkanes of at least 4 members (excludes halogenated alkanes) is 14. The van der Waals surface area contributed by atoms with E-state index in [0.717, 1.165) is 5.92 Å². The molecule has 0 aromatic rings. The molecule has 0 N–H and O–H groups in total. The Kier molecular flexibility index (Phi) is 21.6. The number of allylic oxidation sites excluding steroid dienone is 2. The molecule has 0 aliphatic rings. The highest BCUT2D eigenvalue weighted by Gasteiger charge is 2.05. The summed E-state index contributed by atoms with van der Waals surface area (Å²) in [5.74, 6) is 0.864. The van der Waals surface area contributed by atoms with E-state index < -0.39 is 0 Å². The van der Waals surface area contributed by atoms with Gasteiger partial charge in [0.15, 0.2) is 0 Å². The Labute approximate surface area is 161 Å². The van der Waals surface area contributed by atoms with Gasteiger partial charge in [0.2, 0.25) is 0 Å². The highest BCUT2D eigenvalue weighted by molar-refractivity contribution is 4.88. The Bertz CT molecular complexity index is 237. The summed E-state index contributed by atoms with van der Waals surface area (Å²) in [6.07, 6.45) is 32.1. The van der Waals surface area contributed by atoms with E-state index in [-0.39, 0.29) is 0 Å². The Balaban J connectivity index is 3.89. The van der Waals surface area contributed by atoms with Gasteiger partial charge in [-0.2, -0.15) is 0 Å². The van der Waals surface area contributed by atoms with Crippen molar-refractivity contribution >= 4 is 0 Å². The van der Waals surface area contributed by atoms with Gasteiger partial charge in [0, 0.05) is 0 Å². The molecule has 0 spiro atoms. The summed E-state index contributed by atoms with van der Waals surface area (Å²) in [7, 11) is 0. The predicted octanol–water partition coefficient (Wildman–Crippen LogP) is 9.63. The molecule has 0 atom stereocenters. The standard InChI is InChI=1S/C25H50/c1-4-7-10-13-16-19-22-25(23-20-17-14-11-8-5-2)24-21-18-15-12-9-6-3/h19,22,25H,4-18,20-21,23-24H2,1-3H3. The minimum Gasteiger partial charge on any atom is -0.0883 e. The summed E-state index contributed by atoms with van der Waals surface area (Å²) >= 11 is 0. The van der Waals surface area contributed by atoms with Gasteiger partial charge in [-0.25, -0.2) is 0 Å². The number of hydrogen-bond donors (Lipinski definition) is 0. The Morgan fingerprint density at radius 1 is 0.480 bits per heavy atom. The minimum absolute atomic E-state index is 0.864. The van der Waals surface area contributed by atoms with E-state index in [1.54, 1.807) is 0 Å². The second-order valence-electron chi connectivity index (χ2n) is 8.15. The van der Waals surface area contributed by atoms with Crippen molar-refractivity contribution in [3.8, 4) is 0 Å². The summed E-state index contributed by atoms with van der Waals surface area (Å²) in [4.78, 5) is 0. The highest BCUT2D eigenvalue weighted by Crippen LogP contribution is 2.21. The van der Waals surface area contributed by atoms with Gasteiger partial charge in [-0.05, 0) is 31.6 Å². The summed E-state index contributed by atoms with van der Waals surface area (Å²) in [6.45, 7) is 6.91. The maximum Gasteiger partial charge on any atom is -0.0234 e. The molecule has 0 aromatic heterocycles. The van der Waals surface area contributed by atoms with Gasteiger partial charge >= 0.3 is 0 Å². The van der Waals surface area contributed by atoms with Gasteiger partial charge in [-0.1, -0.05) is 129 Å². The van der Waals surface area contributed by atoms with E-state index >= 15 is 0 Å². The number of rotatable bonds is 20. The zero-order chi connectivity index (χ0) is 18.4. The molecular formula is C25H50. The van der Waals surface area contributed by atoms with E-state index in [1.165, 1.54) is 122 Å². The molecule has 0 rings (SSSR count). The first-order valence-electron chi connectivity index (χ1n) is 12.0. The maximum absolute atomic E-state index is 2.59. The fourth-order valence-electron chi connectivity index (χ4n) is 3.69. The normalized spacial score (nSPS) is 11.8. The first-order valence-corrected chi connectivity index (χ1v) is 12.0. The molecule has 25 heavy (non-hydrogen) atoms. The van der Waals surface area contributed by atoms with Crippen LogP contribution in [-0.2, 0) is 0 Å². The molecule has 0 bridgehead atoms. The van der Waals surface area contributed by atoms with Crippen LogP contribution in [0.5, 0.6) is 0 Å². The third kappa shape index (κ3) is 19.9. The van der Waals surface area contributed by atoms with Crippen molar-refractivity contribution in [1.82, 2.24) is 0 Å². The van der Waals surface area contributed by atoms with Crippen LogP contribution in [0.1, 0.15) is 143 Å². The van der Waals surface area contributed by atoms with Gasteiger partial charge in [0.1, 0.15) is 0 Å². The van der Waals surface area contributed by atoms with Crippen LogP contribution in [0.3, 0.4) is 0 Å². The lowest BCUT2D eigenvalue weighted by Crippen LogP contribution is -1.97. The lowest BCUT2D eigenvalue weighted by atomic mass is 9.93. The highest BCUT2D eigenvalue weighted by atomic mass is 14.1. The lowest BCUT2D eigenvalue weighted by Gasteiger charge is -2.13. The largest absolute Gasteiger partial charge is 0.0883 e. The fourth-order valence-corrected chi connectivity index (χ4v) is 3.69. The van der Waals surface area contributed by atoms with Gasteiger partial charge < -0.3 is 0 Å². The molecule has 0 heteroatoms. The van der Waals surface area contributed by atoms with Crippen LogP contribution in [0.15, 0.2) is 12.2 Å². The maximum atomic E-state index is 2.59. The minimum atomic E-state index is 0.864. The molecule has 0 fully saturated rings. The monoisotopic (exact) mass is 350 g/mol. The Morgan fingerprint density at radius 2 is 0.880 bits per heavy atom. The first kappa shape index (κ1) is 24.7. The topological polar surface area (TPSA) is 0 Å². The molecule has 0 aliphatic heterocycles. The van der Waals surface area contributed by atoms with Crippen LogP contribution in [-0.4, -0.2) is 0 Å². The van der Waals surface area contributed by atoms with Gasteiger partial charge in [-0.3, -0.25) is 0 Å². The van der Waals surface area contributed by atoms with Crippen LogP contribution in [0.4, 0.5) is 0 Å². The van der Waals surface area contributed by atoms with Crippen molar-refractivity contribution < 1.29 is 0 Å². The van der Waals surface area contributed by atoms with Crippen molar-refractivity contribution in [3.63, 3.8) is 0 Å². The van der Waals surface area contributed by atoms with Crippen molar-refractivity contribution in [2.45, 2.75) is 143 Å². The van der Waals surface area contributed by atoms with Gasteiger partial charge in [0.25, 0.3) is 0 Å². The van der Waals surface area contributed by atoms with Crippen molar-refractivity contribution in [2.75, 3.05) is 0 Å². The van der Waals surface area contributed by atoms with Gasteiger partial charge in [0.05, 0.1) is 0 Å². The van der Waals surface area contributed by atoms with Crippen LogP contribution in [0, 0.1) is 5.92 Å². The summed E-state index contributed by atoms with van der Waals surface area (Å²) in [5.41, 5.74) is 0. The molecule has 0 amide bonds. The quantitative estimate of drug-likeness (QED) is 0.151. The molecule has 0 unspecified atom stereocenters. The molecule has 0 aliphatic carbocycles. The van der Waals surface area contributed by atoms with Crippen molar-refractivity contribution in [1.29, 1.82) is 0 Å². The van der Waals surface area contributed by atoms with Crippen molar-refractivity contribution in [2.24, 2.45) is 5.92 Å². The average Bonchev–Trinajstić information content (AvgIpc) is 2.63. The van der Waals surface area contributed by atoms with E-state index in [1.807, 2.05) is 0 Å². The molecular weight excluding hydrogens is 300 g/mol. The molecule has 0 aromatic carbocycles. The second-order valence-corrected chi connectivity index (χ2v) is 8.15. The van der Waals surface area contributed by atoms with E-state index in [2.05, 4.69) is 32.9 Å². The zero-order valence-corrected chi connectivity index (χ0v) is 18.2. The third-order valence-electron chi connectivity index (χ3n) is 5.49. The molecule has 0 saturated carbocycles. The number of hydrogen-bond acceptors (Lipinski definition) is 0. The molecule has 150 valence electrons. The zero-order valence-electron chi connectivity index (χ0n) is 18.2. The summed E-state index contributed by atoms with van der Waals surface area (Å²) in [5, 5.41) is 0. The van der Waals surface area contributed by atoms with E-state index in [9.17, 15) is 0 Å². The first-order chi connectivity index (χ1) is 12.3. The van der Waals surface area contributed by atoms with Crippen LogP contribution in [0.2, 0.25) is 0 Å². The average molecular weight is 351 g/mol. The molecule has 0 heterocycles. The smallest absolute Gasteiger partial charge is 0.0234 e. The summed E-state index contributed by atoms with van der Waals surface area (Å²) < 4.78 is 0. The SMILES string of the molecule is CCCCCCC=CC(CCCCCCCC)CCCCCCCC. The fraction of sp³-hybridized carbons (Fsp3) is 0.920. The van der Waals surface area contributed by atoms with Crippen LogP contribution in [0.25, 0.3) is 0 Å². The third-order valence-corrected chi connectivity index (χ3v) is 5.49.